The first-order chi connectivity index (χ1) is 6.07. The van der Waals surface area contributed by atoms with Gasteiger partial charge in [0.05, 0.1) is 12.7 Å². The summed E-state index contributed by atoms with van der Waals surface area (Å²) in [5, 5.41) is 0. The molecule has 1 aromatic rings. The number of halogens is 3. The molecule has 1 rings (SSSR count). The number of benzene rings is 1. The van der Waals surface area contributed by atoms with Crippen molar-refractivity contribution in [3.8, 4) is 0 Å². The van der Waals surface area contributed by atoms with E-state index in [0.29, 0.717) is 0 Å². The third kappa shape index (κ3) is 2.11. The molecule has 2 N–H and O–H groups in total. The van der Waals surface area contributed by atoms with Crippen molar-refractivity contribution in [1.29, 1.82) is 0 Å². The predicted octanol–water partition coefficient (Wildman–Crippen LogP) is 1.76. The summed E-state index contributed by atoms with van der Waals surface area (Å²) in [4.78, 5) is 10.9. The maximum Gasteiger partial charge on any atom is 0.340 e. The molecular formula is C8H8ClF2NO2. The molecular weight excluding hydrogens is 216 g/mol. The third-order valence-corrected chi connectivity index (χ3v) is 1.53. The number of carbonyl (C=O) groups excluding carboxylic acids is 1. The van der Waals surface area contributed by atoms with Crippen LogP contribution in [0.3, 0.4) is 0 Å². The number of hydrogen-bond acceptors (Lipinski definition) is 3. The van der Waals surface area contributed by atoms with Crippen LogP contribution in [0.25, 0.3) is 0 Å². The van der Waals surface area contributed by atoms with Crippen molar-refractivity contribution in [2.45, 2.75) is 0 Å². The van der Waals surface area contributed by atoms with Crippen LogP contribution in [-0.2, 0) is 4.74 Å². The Kier molecular flexibility index (Phi) is 4.30. The zero-order valence-corrected chi connectivity index (χ0v) is 8.03. The minimum absolute atomic E-state index is 0. The predicted molar refractivity (Wildman–Crippen MR) is 49.4 cm³/mol. The van der Waals surface area contributed by atoms with Crippen LogP contribution >= 0.6 is 12.4 Å². The van der Waals surface area contributed by atoms with Crippen molar-refractivity contribution >= 4 is 24.1 Å². The molecule has 0 aromatic heterocycles. The maximum absolute atomic E-state index is 13.0. The van der Waals surface area contributed by atoms with Crippen molar-refractivity contribution in [1.82, 2.24) is 0 Å². The van der Waals surface area contributed by atoms with Crippen LogP contribution in [0.5, 0.6) is 0 Å². The molecule has 0 aliphatic rings. The van der Waals surface area contributed by atoms with Crippen molar-refractivity contribution < 1.29 is 18.3 Å². The maximum atomic E-state index is 13.0. The standard InChI is InChI=1S/C8H7F2NO2.ClH/c1-13-8(12)4-2-3-5(9)7(11)6(4)10;/h2-3H,11H2,1H3;1H. The van der Waals surface area contributed by atoms with Gasteiger partial charge in [0.15, 0.2) is 5.82 Å². The summed E-state index contributed by atoms with van der Waals surface area (Å²) < 4.78 is 29.9. The fourth-order valence-electron chi connectivity index (χ4n) is 0.837. The molecule has 0 aliphatic heterocycles. The Morgan fingerprint density at radius 1 is 1.43 bits per heavy atom. The van der Waals surface area contributed by atoms with Gasteiger partial charge in [0.25, 0.3) is 0 Å². The van der Waals surface area contributed by atoms with Gasteiger partial charge in [0.1, 0.15) is 11.5 Å². The van der Waals surface area contributed by atoms with Gasteiger partial charge in [-0.2, -0.15) is 0 Å². The molecule has 78 valence electrons. The highest BCUT2D eigenvalue weighted by molar-refractivity contribution is 5.90. The SMILES string of the molecule is COC(=O)c1ccc(F)c(N)c1F.Cl. The average molecular weight is 224 g/mol. The number of ether oxygens (including phenoxy) is 1. The number of hydrogen-bond donors (Lipinski definition) is 1. The lowest BCUT2D eigenvalue weighted by atomic mass is 10.2. The minimum atomic E-state index is -1.09. The Morgan fingerprint density at radius 3 is 2.50 bits per heavy atom. The molecule has 0 saturated heterocycles. The Labute approximate surface area is 85.3 Å². The summed E-state index contributed by atoms with van der Waals surface area (Å²) in [5.41, 5.74) is 3.97. The largest absolute Gasteiger partial charge is 0.465 e. The van der Waals surface area contributed by atoms with Crippen LogP contribution in [0.15, 0.2) is 12.1 Å². The minimum Gasteiger partial charge on any atom is -0.465 e. The van der Waals surface area contributed by atoms with Gasteiger partial charge in [-0.15, -0.1) is 12.4 Å². The van der Waals surface area contributed by atoms with Crippen LogP contribution < -0.4 is 5.73 Å². The summed E-state index contributed by atoms with van der Waals surface area (Å²) in [7, 11) is 1.10. The Morgan fingerprint density at radius 2 is 2.00 bits per heavy atom. The number of rotatable bonds is 1. The number of carbonyl (C=O) groups is 1. The highest BCUT2D eigenvalue weighted by Gasteiger charge is 2.16. The van der Waals surface area contributed by atoms with Gasteiger partial charge in [-0.1, -0.05) is 0 Å². The summed E-state index contributed by atoms with van der Waals surface area (Å²) >= 11 is 0. The lowest BCUT2D eigenvalue weighted by Crippen LogP contribution is -2.07. The third-order valence-electron chi connectivity index (χ3n) is 1.53. The Bertz CT molecular complexity index is 357. The van der Waals surface area contributed by atoms with Gasteiger partial charge >= 0.3 is 5.97 Å². The van der Waals surface area contributed by atoms with Crippen molar-refractivity contribution in [2.24, 2.45) is 0 Å². The molecule has 0 bridgehead atoms. The molecule has 0 unspecified atom stereocenters. The molecule has 0 fully saturated rings. The molecule has 0 aliphatic carbocycles. The van der Waals surface area contributed by atoms with E-state index in [0.717, 1.165) is 19.2 Å². The number of nitrogen functional groups attached to an aromatic ring is 1. The van der Waals surface area contributed by atoms with Crippen LogP contribution in [0, 0.1) is 11.6 Å². The smallest absolute Gasteiger partial charge is 0.340 e. The number of anilines is 1. The second kappa shape index (κ2) is 4.76. The van der Waals surface area contributed by atoms with Crippen LogP contribution in [0.2, 0.25) is 0 Å². The van der Waals surface area contributed by atoms with Gasteiger partial charge in [-0.25, -0.2) is 13.6 Å². The van der Waals surface area contributed by atoms with E-state index in [1.54, 1.807) is 0 Å². The van der Waals surface area contributed by atoms with E-state index in [1.165, 1.54) is 0 Å². The average Bonchev–Trinajstić information content (AvgIpc) is 2.13. The number of methoxy groups -OCH3 is 1. The molecule has 0 spiro atoms. The Hall–Kier alpha value is -1.36. The fourth-order valence-corrected chi connectivity index (χ4v) is 0.837. The molecule has 0 amide bonds. The van der Waals surface area contributed by atoms with Gasteiger partial charge in [-0.05, 0) is 12.1 Å². The second-order valence-corrected chi connectivity index (χ2v) is 2.31. The zero-order chi connectivity index (χ0) is 10.0. The lowest BCUT2D eigenvalue weighted by molar-refractivity contribution is 0.0595. The molecule has 14 heavy (non-hydrogen) atoms. The van der Waals surface area contributed by atoms with Gasteiger partial charge in [-0.3, -0.25) is 0 Å². The monoisotopic (exact) mass is 223 g/mol. The van der Waals surface area contributed by atoms with E-state index in [-0.39, 0.29) is 18.0 Å². The van der Waals surface area contributed by atoms with Gasteiger partial charge < -0.3 is 10.5 Å². The lowest BCUT2D eigenvalue weighted by Gasteiger charge is -2.03. The second-order valence-electron chi connectivity index (χ2n) is 2.31. The van der Waals surface area contributed by atoms with Crippen LogP contribution in [0.1, 0.15) is 10.4 Å². The number of nitrogens with two attached hydrogens (primary N) is 1. The first-order valence-electron chi connectivity index (χ1n) is 3.39. The van der Waals surface area contributed by atoms with Gasteiger partial charge in [0.2, 0.25) is 0 Å². The highest BCUT2D eigenvalue weighted by atomic mass is 35.5. The molecule has 0 radical (unpaired) electrons. The quantitative estimate of drug-likeness (QED) is 0.583. The normalized spacial score (nSPS) is 9.07. The van der Waals surface area contributed by atoms with Crippen LogP contribution in [0.4, 0.5) is 14.5 Å². The molecule has 0 saturated carbocycles. The molecule has 3 nitrogen and oxygen atoms in total. The van der Waals surface area contributed by atoms with E-state index >= 15 is 0 Å². The molecule has 1 aromatic carbocycles. The topological polar surface area (TPSA) is 52.3 Å². The summed E-state index contributed by atoms with van der Waals surface area (Å²) in [5.74, 6) is -2.87. The van der Waals surface area contributed by atoms with Crippen LogP contribution in [-0.4, -0.2) is 13.1 Å². The Balaban J connectivity index is 0.00000169. The van der Waals surface area contributed by atoms with Crippen molar-refractivity contribution in [2.75, 3.05) is 12.8 Å². The van der Waals surface area contributed by atoms with E-state index in [9.17, 15) is 13.6 Å². The zero-order valence-electron chi connectivity index (χ0n) is 7.21. The fraction of sp³-hybridized carbons (Fsp3) is 0.125. The summed E-state index contributed by atoms with van der Waals surface area (Å²) in [6, 6.07) is 1.89. The highest BCUT2D eigenvalue weighted by Crippen LogP contribution is 2.19. The van der Waals surface area contributed by atoms with E-state index < -0.39 is 23.3 Å². The van der Waals surface area contributed by atoms with Crippen molar-refractivity contribution in [3.05, 3.63) is 29.3 Å². The molecule has 0 atom stereocenters. The molecule has 0 heterocycles. The summed E-state index contributed by atoms with van der Waals surface area (Å²) in [6.45, 7) is 0. The number of esters is 1. The van der Waals surface area contributed by atoms with E-state index in [1.807, 2.05) is 0 Å². The van der Waals surface area contributed by atoms with E-state index in [2.05, 4.69) is 4.74 Å². The van der Waals surface area contributed by atoms with E-state index in [4.69, 9.17) is 5.73 Å². The van der Waals surface area contributed by atoms with Gasteiger partial charge in [0, 0.05) is 0 Å². The summed E-state index contributed by atoms with van der Waals surface area (Å²) in [6.07, 6.45) is 0. The molecule has 6 heteroatoms. The first kappa shape index (κ1) is 12.6. The first-order valence-corrected chi connectivity index (χ1v) is 3.39. The van der Waals surface area contributed by atoms with Crippen molar-refractivity contribution in [3.63, 3.8) is 0 Å².